The molecule has 0 saturated carbocycles. The molecular weight excluding hydrogens is 420 g/mol. The van der Waals surface area contributed by atoms with Crippen LogP contribution in [0.4, 0.5) is 0 Å². The molecule has 0 aliphatic heterocycles. The summed E-state index contributed by atoms with van der Waals surface area (Å²) in [6, 6.07) is 15.0. The summed E-state index contributed by atoms with van der Waals surface area (Å²) in [7, 11) is 0. The number of amides is 1. The number of nitrogens with one attached hydrogen (secondary N) is 3. The smallest absolute Gasteiger partial charge is 0.345 e. The van der Waals surface area contributed by atoms with Crippen molar-refractivity contribution in [2.45, 2.75) is 6.04 Å². The van der Waals surface area contributed by atoms with Crippen LogP contribution in [0.15, 0.2) is 71.9 Å². The molecule has 0 saturated heterocycles. The van der Waals surface area contributed by atoms with Gasteiger partial charge in [-0.05, 0) is 28.3 Å². The molecule has 0 radical (unpaired) electrons. The first-order chi connectivity index (χ1) is 16.1. The van der Waals surface area contributed by atoms with Crippen LogP contribution in [0, 0.1) is 0 Å². The largest absolute Gasteiger partial charge is 0.504 e. The van der Waals surface area contributed by atoms with Gasteiger partial charge in [0.2, 0.25) is 0 Å². The fourth-order valence-electron chi connectivity index (χ4n) is 4.36. The second-order valence-corrected chi connectivity index (χ2v) is 7.69. The zero-order valence-corrected chi connectivity index (χ0v) is 17.0. The predicted octanol–water partition coefficient (Wildman–Crippen LogP) is 2.91. The van der Waals surface area contributed by atoms with Gasteiger partial charge < -0.3 is 15.4 Å². The number of fused-ring (bicyclic) bond motifs is 4. The Hall–Kier alpha value is -4.79. The van der Waals surface area contributed by atoms with Gasteiger partial charge in [0, 0.05) is 11.8 Å². The molecule has 0 bridgehead atoms. The Balaban J connectivity index is 1.49. The highest BCUT2D eigenvalue weighted by molar-refractivity contribution is 5.97. The topological polar surface area (TPSA) is 137 Å². The summed E-state index contributed by atoms with van der Waals surface area (Å²) in [4.78, 5) is 42.5. The zero-order valence-electron chi connectivity index (χ0n) is 17.0. The second kappa shape index (κ2) is 7.13. The monoisotopic (exact) mass is 436 g/mol. The van der Waals surface area contributed by atoms with Crippen molar-refractivity contribution in [3.63, 3.8) is 0 Å². The molecule has 2 aromatic carbocycles. The fraction of sp³-hybridized carbons (Fsp3) is 0.0417. The quantitative estimate of drug-likeness (QED) is 0.343. The van der Waals surface area contributed by atoms with E-state index < -0.39 is 23.4 Å². The lowest BCUT2D eigenvalue weighted by atomic mass is 9.99. The normalized spacial score (nSPS) is 14.1. The molecular formula is C24H16N6O3. The third kappa shape index (κ3) is 2.98. The Bertz CT molecular complexity index is 1590. The molecule has 5 aromatic rings. The van der Waals surface area contributed by atoms with Crippen molar-refractivity contribution in [3.05, 3.63) is 94.4 Å². The zero-order chi connectivity index (χ0) is 22.5. The van der Waals surface area contributed by atoms with E-state index in [1.165, 1.54) is 0 Å². The summed E-state index contributed by atoms with van der Waals surface area (Å²) in [5.41, 5.74) is 5.31. The average Bonchev–Trinajstić information content (AvgIpc) is 3.40. The molecule has 9 heteroatoms. The van der Waals surface area contributed by atoms with Gasteiger partial charge in [-0.25, -0.2) is 9.78 Å². The lowest BCUT2D eigenvalue weighted by Crippen LogP contribution is -2.30. The van der Waals surface area contributed by atoms with Gasteiger partial charge in [-0.1, -0.05) is 42.5 Å². The van der Waals surface area contributed by atoms with E-state index in [0.29, 0.717) is 5.82 Å². The van der Waals surface area contributed by atoms with Crippen LogP contribution in [-0.4, -0.2) is 35.9 Å². The highest BCUT2D eigenvalue weighted by atomic mass is 16.3. The number of hydrogen-bond donors (Lipinski definition) is 4. The van der Waals surface area contributed by atoms with Crippen molar-refractivity contribution >= 4 is 16.9 Å². The van der Waals surface area contributed by atoms with E-state index in [-0.39, 0.29) is 5.69 Å². The van der Waals surface area contributed by atoms with Crippen LogP contribution in [-0.2, 0) is 0 Å². The number of rotatable bonds is 3. The molecule has 0 fully saturated rings. The number of imidazole rings is 1. The molecule has 33 heavy (non-hydrogen) atoms. The first-order valence-electron chi connectivity index (χ1n) is 10.2. The van der Waals surface area contributed by atoms with Gasteiger partial charge in [0.15, 0.2) is 11.4 Å². The molecule has 1 amide bonds. The van der Waals surface area contributed by atoms with Gasteiger partial charge in [-0.15, -0.1) is 0 Å². The minimum absolute atomic E-state index is 0.234. The van der Waals surface area contributed by atoms with E-state index in [2.05, 4.69) is 25.3 Å². The summed E-state index contributed by atoms with van der Waals surface area (Å²) in [6.07, 6.45) is 4.38. The first kappa shape index (κ1) is 18.9. The maximum absolute atomic E-state index is 13.0. The lowest BCUT2D eigenvalue weighted by molar-refractivity contribution is 0.0935. The SMILES string of the molecule is O=C(NC1c2ccccc2-c2c(-c3nc4ccncc4[nH]3)cccc21)c1[nH]c(=O)ncc1O. The number of aromatic amines is 2. The van der Waals surface area contributed by atoms with E-state index in [4.69, 9.17) is 4.98 Å². The van der Waals surface area contributed by atoms with E-state index in [0.717, 1.165) is 45.0 Å². The molecule has 1 aliphatic rings. The summed E-state index contributed by atoms with van der Waals surface area (Å²) >= 11 is 0. The molecule has 3 heterocycles. The summed E-state index contributed by atoms with van der Waals surface area (Å²) in [5, 5.41) is 13.0. The van der Waals surface area contributed by atoms with Gasteiger partial charge in [-0.2, -0.15) is 4.98 Å². The lowest BCUT2D eigenvalue weighted by Gasteiger charge is -2.16. The number of nitrogens with zero attached hydrogens (tertiary/aromatic N) is 3. The van der Waals surface area contributed by atoms with Crippen molar-refractivity contribution in [1.29, 1.82) is 0 Å². The molecule has 1 unspecified atom stereocenters. The number of carbonyl (C=O) groups excluding carboxylic acids is 1. The van der Waals surface area contributed by atoms with Crippen molar-refractivity contribution in [1.82, 2.24) is 30.2 Å². The highest BCUT2D eigenvalue weighted by Crippen LogP contribution is 2.47. The van der Waals surface area contributed by atoms with Crippen LogP contribution >= 0.6 is 0 Å². The van der Waals surface area contributed by atoms with Gasteiger partial charge in [0.05, 0.1) is 29.5 Å². The highest BCUT2D eigenvalue weighted by Gasteiger charge is 2.33. The summed E-state index contributed by atoms with van der Waals surface area (Å²) < 4.78 is 0. The minimum Gasteiger partial charge on any atom is -0.504 e. The van der Waals surface area contributed by atoms with E-state index >= 15 is 0 Å². The molecule has 6 rings (SSSR count). The van der Waals surface area contributed by atoms with Crippen LogP contribution in [0.5, 0.6) is 5.75 Å². The number of carbonyl (C=O) groups is 1. The number of H-pyrrole nitrogens is 2. The minimum atomic E-state index is -0.716. The number of pyridine rings is 1. The van der Waals surface area contributed by atoms with Gasteiger partial charge in [0.25, 0.3) is 5.91 Å². The van der Waals surface area contributed by atoms with Crippen LogP contribution < -0.4 is 11.0 Å². The standard InChI is InChI=1S/C24H16N6O3/c31-18-11-26-24(33)30-21(18)23(32)29-20-13-5-2-1-4-12(13)19-14(20)6-3-7-15(19)22-27-16-8-9-25-10-17(16)28-22/h1-11,20,31H,(H,27,28)(H,29,32)(H,26,30,33). The molecule has 1 atom stereocenters. The molecule has 0 spiro atoms. The molecule has 9 nitrogen and oxygen atoms in total. The van der Waals surface area contributed by atoms with Crippen LogP contribution in [0.1, 0.15) is 27.7 Å². The molecule has 160 valence electrons. The van der Waals surface area contributed by atoms with E-state index in [1.54, 1.807) is 12.4 Å². The fourth-order valence-corrected chi connectivity index (χ4v) is 4.36. The van der Waals surface area contributed by atoms with E-state index in [9.17, 15) is 14.7 Å². The Morgan fingerprint density at radius 2 is 1.79 bits per heavy atom. The van der Waals surface area contributed by atoms with Crippen molar-refractivity contribution in [2.24, 2.45) is 0 Å². The number of aromatic hydroxyl groups is 1. The third-order valence-corrected chi connectivity index (χ3v) is 5.78. The second-order valence-electron chi connectivity index (χ2n) is 7.69. The van der Waals surface area contributed by atoms with Gasteiger partial charge in [0.1, 0.15) is 5.82 Å². The van der Waals surface area contributed by atoms with E-state index in [1.807, 2.05) is 48.5 Å². The van der Waals surface area contributed by atoms with Gasteiger partial charge in [-0.3, -0.25) is 14.8 Å². The first-order valence-corrected chi connectivity index (χ1v) is 10.2. The Morgan fingerprint density at radius 1 is 0.970 bits per heavy atom. The number of hydrogen-bond acceptors (Lipinski definition) is 6. The molecule has 4 N–H and O–H groups in total. The Labute approximate surface area is 186 Å². The van der Waals surface area contributed by atoms with Crippen molar-refractivity contribution in [3.8, 4) is 28.3 Å². The summed E-state index contributed by atoms with van der Waals surface area (Å²) in [6.45, 7) is 0. The summed E-state index contributed by atoms with van der Waals surface area (Å²) in [5.74, 6) is -0.309. The predicted molar refractivity (Wildman–Crippen MR) is 121 cm³/mol. The molecule has 3 aromatic heterocycles. The van der Waals surface area contributed by atoms with Crippen molar-refractivity contribution in [2.75, 3.05) is 0 Å². The van der Waals surface area contributed by atoms with Crippen LogP contribution in [0.3, 0.4) is 0 Å². The number of benzene rings is 2. The third-order valence-electron chi connectivity index (χ3n) is 5.78. The molecule has 1 aliphatic carbocycles. The maximum atomic E-state index is 13.0. The Morgan fingerprint density at radius 3 is 2.67 bits per heavy atom. The maximum Gasteiger partial charge on any atom is 0.345 e. The van der Waals surface area contributed by atoms with Gasteiger partial charge >= 0.3 is 5.69 Å². The van der Waals surface area contributed by atoms with Crippen LogP contribution in [0.25, 0.3) is 33.5 Å². The van der Waals surface area contributed by atoms with Crippen molar-refractivity contribution < 1.29 is 9.90 Å². The Kier molecular flexibility index (Phi) is 4.09. The van der Waals surface area contributed by atoms with Crippen LogP contribution in [0.2, 0.25) is 0 Å². The average molecular weight is 436 g/mol. The number of aromatic nitrogens is 5.